The maximum Gasteiger partial charge on any atom is 0.0731 e. The summed E-state index contributed by atoms with van der Waals surface area (Å²) in [5.41, 5.74) is 1.46. The van der Waals surface area contributed by atoms with Crippen LogP contribution in [-0.4, -0.2) is 148 Å². The van der Waals surface area contributed by atoms with Crippen LogP contribution in [0.3, 0.4) is 0 Å². The standard InChI is InChI=1S/C7H13NO.C6H11NO.C6H12O.C6H10O.C5H11NO.C4H10.3CH4.B/c1-8-4-6-2-3-7(5-8)9-6;1-7-3-5-2-6(4-7)8-5;3*1-6-2-4-7-5-3-6;1-4(2)3;;;;/h6-7H,2-5H2,1H3;5-6H,2-4H2,1H3;6H,2-5H2,1H3;2H,3-5H2,1H3;2-5H2,1H3;4H,1-3H3;3*1H4;. The molecule has 4 unspecified atom stereocenters. The summed E-state index contributed by atoms with van der Waals surface area (Å²) in [6.07, 6.45) is 12.0. The van der Waals surface area contributed by atoms with Gasteiger partial charge in [-0.2, -0.15) is 0 Å². The number of likely N-dealkylation sites (N-methyl/N-ethyl adjacent to an activating group) is 3. The first-order valence-electron chi connectivity index (χ1n) is 16.9. The van der Waals surface area contributed by atoms with E-state index in [0.717, 1.165) is 97.2 Å². The van der Waals surface area contributed by atoms with Gasteiger partial charge in [0.25, 0.3) is 0 Å². The Balaban J connectivity index is -0.000000480. The molecule has 0 N–H and O–H groups in total. The number of hydrogen-bond acceptors (Lipinski definition) is 8. The van der Waals surface area contributed by atoms with E-state index in [1.165, 1.54) is 37.7 Å². The molecule has 4 atom stereocenters. The first-order valence-corrected chi connectivity index (χ1v) is 16.9. The molecular formula is C37H79BN3O5. The van der Waals surface area contributed by atoms with Gasteiger partial charge in [0.2, 0.25) is 0 Å². The fourth-order valence-corrected chi connectivity index (χ4v) is 5.47. The lowest BCUT2D eigenvalue weighted by Gasteiger charge is -2.45. The number of fused-ring (bicyclic) bond motifs is 4. The Hall–Kier alpha value is -0.515. The molecule has 8 heterocycles. The lowest BCUT2D eigenvalue weighted by atomic mass is 10.00. The Morgan fingerprint density at radius 2 is 1.04 bits per heavy atom. The highest BCUT2D eigenvalue weighted by atomic mass is 16.5. The Morgan fingerprint density at radius 3 is 1.33 bits per heavy atom. The summed E-state index contributed by atoms with van der Waals surface area (Å²) >= 11 is 0. The molecule has 7 saturated heterocycles. The van der Waals surface area contributed by atoms with Crippen molar-refractivity contribution < 1.29 is 23.7 Å². The van der Waals surface area contributed by atoms with Crippen LogP contribution >= 0.6 is 0 Å². The van der Waals surface area contributed by atoms with Crippen LogP contribution in [0.2, 0.25) is 0 Å². The highest BCUT2D eigenvalue weighted by Gasteiger charge is 2.36. The van der Waals surface area contributed by atoms with Crippen LogP contribution in [0.5, 0.6) is 0 Å². The van der Waals surface area contributed by atoms with Crippen molar-refractivity contribution in [1.82, 2.24) is 14.7 Å². The summed E-state index contributed by atoms with van der Waals surface area (Å²) in [4.78, 5) is 6.97. The molecule has 8 aliphatic heterocycles. The number of morpholine rings is 3. The lowest BCUT2D eigenvalue weighted by Crippen LogP contribution is -2.55. The number of nitrogens with zero attached hydrogens (tertiary/aromatic N) is 3. The highest BCUT2D eigenvalue weighted by molar-refractivity contribution is 5.75. The van der Waals surface area contributed by atoms with Crippen LogP contribution in [0.25, 0.3) is 0 Å². The summed E-state index contributed by atoms with van der Waals surface area (Å²) in [5.74, 6) is 1.74. The second-order valence-corrected chi connectivity index (χ2v) is 13.8. The molecule has 0 amide bonds. The van der Waals surface area contributed by atoms with Gasteiger partial charge >= 0.3 is 0 Å². The number of piperidine rings is 1. The van der Waals surface area contributed by atoms with Crippen molar-refractivity contribution >= 4 is 8.41 Å². The molecule has 0 aromatic heterocycles. The van der Waals surface area contributed by atoms with Crippen LogP contribution in [0.1, 0.15) is 95.4 Å². The van der Waals surface area contributed by atoms with Crippen molar-refractivity contribution in [3.05, 3.63) is 11.6 Å². The van der Waals surface area contributed by atoms with Gasteiger partial charge in [-0.1, -0.05) is 61.6 Å². The first kappa shape index (κ1) is 49.9. The third-order valence-electron chi connectivity index (χ3n) is 8.10. The molecular weight excluding hydrogens is 577 g/mol. The minimum Gasteiger partial charge on any atom is -0.381 e. The minimum absolute atomic E-state index is 0. The van der Waals surface area contributed by atoms with Crippen LogP contribution in [0, 0.1) is 11.8 Å². The summed E-state index contributed by atoms with van der Waals surface area (Å²) in [7, 11) is 6.44. The normalized spacial score (nSPS) is 28.3. The lowest BCUT2D eigenvalue weighted by molar-refractivity contribution is -0.175. The zero-order chi connectivity index (χ0) is 30.7. The van der Waals surface area contributed by atoms with Crippen LogP contribution in [0.4, 0.5) is 0 Å². The maximum atomic E-state index is 5.63. The number of rotatable bonds is 0. The van der Waals surface area contributed by atoms with Crippen LogP contribution < -0.4 is 0 Å². The molecule has 0 aromatic rings. The van der Waals surface area contributed by atoms with Gasteiger partial charge in [-0.05, 0) is 72.0 Å². The molecule has 8 rings (SSSR count). The van der Waals surface area contributed by atoms with Gasteiger partial charge in [0, 0.05) is 67.3 Å². The molecule has 275 valence electrons. The average Bonchev–Trinajstić information content (AvgIpc) is 3.28. The Morgan fingerprint density at radius 1 is 0.630 bits per heavy atom. The fraction of sp³-hybridized carbons (Fsp3) is 0.946. The second kappa shape index (κ2) is 29.4. The van der Waals surface area contributed by atoms with Gasteiger partial charge in [0.1, 0.15) is 0 Å². The van der Waals surface area contributed by atoms with Gasteiger partial charge in [0.15, 0.2) is 0 Å². The smallest absolute Gasteiger partial charge is 0.0731 e. The third-order valence-corrected chi connectivity index (χ3v) is 8.10. The molecule has 0 aliphatic carbocycles. The van der Waals surface area contributed by atoms with Crippen molar-refractivity contribution in [3.63, 3.8) is 0 Å². The molecule has 0 saturated carbocycles. The first-order chi connectivity index (χ1) is 20.1. The van der Waals surface area contributed by atoms with Crippen molar-refractivity contribution in [2.45, 2.75) is 120 Å². The van der Waals surface area contributed by atoms with Crippen LogP contribution in [-0.2, 0) is 23.7 Å². The summed E-state index contributed by atoms with van der Waals surface area (Å²) in [5, 5.41) is 0. The van der Waals surface area contributed by atoms with Crippen molar-refractivity contribution in [3.8, 4) is 0 Å². The predicted octanol–water partition coefficient (Wildman–Crippen LogP) is 6.49. The third kappa shape index (κ3) is 24.6. The molecule has 9 heteroatoms. The van der Waals surface area contributed by atoms with E-state index >= 15 is 0 Å². The minimum atomic E-state index is 0. The monoisotopic (exact) mass is 657 g/mol. The molecule has 7 fully saturated rings. The van der Waals surface area contributed by atoms with E-state index in [0.29, 0.717) is 24.4 Å². The Bertz CT molecular complexity index is 658. The summed E-state index contributed by atoms with van der Waals surface area (Å²) in [6.45, 7) is 23.3. The van der Waals surface area contributed by atoms with E-state index in [9.17, 15) is 0 Å². The van der Waals surface area contributed by atoms with Crippen molar-refractivity contribution in [1.29, 1.82) is 0 Å². The van der Waals surface area contributed by atoms with E-state index in [1.54, 1.807) is 0 Å². The topological polar surface area (TPSA) is 55.9 Å². The Labute approximate surface area is 289 Å². The molecule has 3 radical (unpaired) electrons. The van der Waals surface area contributed by atoms with Gasteiger partial charge in [-0.15, -0.1) is 0 Å². The molecule has 8 aliphatic rings. The van der Waals surface area contributed by atoms with E-state index < -0.39 is 0 Å². The number of hydrogen-bond donors (Lipinski definition) is 0. The Kier molecular flexibility index (Phi) is 31.9. The average molecular weight is 657 g/mol. The van der Waals surface area contributed by atoms with Gasteiger partial charge in [0.05, 0.1) is 50.8 Å². The SMILES string of the molecule is C.C.C.CC(C)C.CC1=CCOCC1.CC1CCOCC1.CN1CC2CC(C1)O2.CN1CC2CCC(C1)O2.CN1CCOCC1.[B]. The predicted molar refractivity (Wildman–Crippen MR) is 199 cm³/mol. The number of likely N-dealkylation sites (tertiary alicyclic amines) is 1. The molecule has 8 nitrogen and oxygen atoms in total. The summed E-state index contributed by atoms with van der Waals surface area (Å²) in [6, 6.07) is 0. The largest absolute Gasteiger partial charge is 0.381 e. The maximum absolute atomic E-state index is 5.63. The second-order valence-electron chi connectivity index (χ2n) is 13.8. The zero-order valence-corrected chi connectivity index (χ0v) is 29.2. The van der Waals surface area contributed by atoms with E-state index in [1.807, 2.05) is 0 Å². The van der Waals surface area contributed by atoms with Crippen molar-refractivity contribution in [2.24, 2.45) is 11.8 Å². The van der Waals surface area contributed by atoms with Gasteiger partial charge in [-0.3, -0.25) is 0 Å². The molecule has 4 bridgehead atoms. The van der Waals surface area contributed by atoms with E-state index in [2.05, 4.69) is 76.5 Å². The van der Waals surface area contributed by atoms with Crippen molar-refractivity contribution in [2.75, 3.05) is 100 Å². The highest BCUT2D eigenvalue weighted by Crippen LogP contribution is 2.26. The fourth-order valence-electron chi connectivity index (χ4n) is 5.47. The zero-order valence-electron chi connectivity index (χ0n) is 29.2. The summed E-state index contributed by atoms with van der Waals surface area (Å²) < 4.78 is 26.3. The molecule has 46 heavy (non-hydrogen) atoms. The van der Waals surface area contributed by atoms with Gasteiger partial charge in [-0.25, -0.2) is 0 Å². The molecule has 0 aromatic carbocycles. The van der Waals surface area contributed by atoms with E-state index in [4.69, 9.17) is 23.7 Å². The number of ether oxygens (including phenoxy) is 5. The molecule has 0 spiro atoms. The van der Waals surface area contributed by atoms with Gasteiger partial charge < -0.3 is 38.4 Å². The van der Waals surface area contributed by atoms with Crippen LogP contribution in [0.15, 0.2) is 11.6 Å². The quantitative estimate of drug-likeness (QED) is 0.217. The van der Waals surface area contributed by atoms with E-state index in [-0.39, 0.29) is 30.7 Å².